The fourth-order valence-corrected chi connectivity index (χ4v) is 5.63. The van der Waals surface area contributed by atoms with Crippen molar-refractivity contribution in [3.05, 3.63) is 111 Å². The number of benzene rings is 2. The molecule has 0 radical (unpaired) electrons. The number of halogens is 1. The van der Waals surface area contributed by atoms with Gasteiger partial charge in [0, 0.05) is 18.0 Å². The molecule has 0 fully saturated rings. The lowest BCUT2D eigenvalue weighted by Crippen LogP contribution is -2.34. The Labute approximate surface area is 301 Å². The van der Waals surface area contributed by atoms with Crippen LogP contribution in [0.2, 0.25) is 0 Å². The number of aromatic nitrogens is 2. The summed E-state index contributed by atoms with van der Waals surface area (Å²) in [6, 6.07) is 19.8. The van der Waals surface area contributed by atoms with Crippen LogP contribution in [-0.4, -0.2) is 52.3 Å². The summed E-state index contributed by atoms with van der Waals surface area (Å²) in [7, 11) is -1.35. The zero-order valence-electron chi connectivity index (χ0n) is 29.3. The van der Waals surface area contributed by atoms with E-state index in [-0.39, 0.29) is 31.2 Å². The van der Waals surface area contributed by atoms with E-state index in [1.165, 1.54) is 16.7 Å². The molecule has 0 aliphatic carbocycles. The molecule has 0 spiro atoms. The number of hydrogen-bond donors (Lipinski definition) is 2. The highest BCUT2D eigenvalue weighted by Crippen LogP contribution is 2.29. The first-order valence-electron chi connectivity index (χ1n) is 16.2. The highest BCUT2D eigenvalue weighted by Gasteiger charge is 2.16. The van der Waals surface area contributed by atoms with E-state index < -0.39 is 7.12 Å². The number of hydrogen-bond acceptors (Lipinski definition) is 8. The summed E-state index contributed by atoms with van der Waals surface area (Å²) < 4.78 is 10.7. The van der Waals surface area contributed by atoms with Crippen molar-refractivity contribution < 1.29 is 29.1 Å². The van der Waals surface area contributed by atoms with Gasteiger partial charge in [0.15, 0.2) is 0 Å². The van der Waals surface area contributed by atoms with Crippen molar-refractivity contribution in [2.45, 2.75) is 87.5 Å². The van der Waals surface area contributed by atoms with Gasteiger partial charge in [0.1, 0.15) is 4.60 Å². The summed E-state index contributed by atoms with van der Waals surface area (Å²) >= 11 is 3.30. The van der Waals surface area contributed by atoms with Crippen LogP contribution in [0.4, 0.5) is 0 Å². The Hall–Kier alpha value is -3.86. The minimum atomic E-state index is -1.35. The quantitative estimate of drug-likeness (QED) is 0.0958. The van der Waals surface area contributed by atoms with Gasteiger partial charge in [-0.05, 0) is 121 Å². The smallest absolute Gasteiger partial charge is 0.466 e. The van der Waals surface area contributed by atoms with Crippen LogP contribution in [0.1, 0.15) is 93.2 Å². The van der Waals surface area contributed by atoms with Gasteiger partial charge in [-0.2, -0.15) is 0 Å². The zero-order valence-corrected chi connectivity index (χ0v) is 30.9. The maximum Gasteiger partial charge on any atom is 0.488 e. The standard InChI is InChI=1S/C19H23NO2.C11H14BrNO2.C8H11BO2.CH4/c1-5-22-18(21)11-15(4)16-9-10-20-17(12-16)19-13(2)7-6-8-14(19)3;1-3-15-11(14)6-8(2)9-4-5-13-10(12)7-9;1-6-4-3-5-7(2)8(6)9(10)11;/h6-10,12,15H,5,11H2,1-4H3;4-5,7-8H,3,6H2,1-2H3;3-5,10-11H,1-2H3;1H4/t15-;8-;;/m11../s1. The van der Waals surface area contributed by atoms with Crippen molar-refractivity contribution >= 4 is 40.4 Å². The highest BCUT2D eigenvalue weighted by atomic mass is 79.9. The number of carbonyl (C=O) groups excluding carboxylic acids is 2. The van der Waals surface area contributed by atoms with E-state index in [0.717, 1.165) is 32.6 Å². The molecule has 0 saturated carbocycles. The second-order valence-electron chi connectivity index (χ2n) is 11.7. The fraction of sp³-hybridized carbons (Fsp3) is 0.385. The molecule has 0 unspecified atom stereocenters. The Morgan fingerprint density at radius 1 is 0.735 bits per heavy atom. The first kappa shape index (κ1) is 43.2. The van der Waals surface area contributed by atoms with Gasteiger partial charge in [-0.15, -0.1) is 0 Å². The van der Waals surface area contributed by atoms with Crippen LogP contribution in [0.15, 0.2) is 77.7 Å². The number of carbonyl (C=O) groups is 2. The molecule has 2 atom stereocenters. The Balaban J connectivity index is 0.000000388. The molecule has 264 valence electrons. The topological polar surface area (TPSA) is 119 Å². The molecule has 4 rings (SSSR count). The average molecular weight is 736 g/mol. The van der Waals surface area contributed by atoms with Crippen molar-refractivity contribution in [3.63, 3.8) is 0 Å². The molecule has 10 heteroatoms. The molecule has 2 heterocycles. The monoisotopic (exact) mass is 734 g/mol. The Morgan fingerprint density at radius 3 is 1.57 bits per heavy atom. The van der Waals surface area contributed by atoms with Crippen LogP contribution in [0, 0.1) is 27.7 Å². The van der Waals surface area contributed by atoms with Crippen LogP contribution >= 0.6 is 15.9 Å². The molecule has 0 bridgehead atoms. The van der Waals surface area contributed by atoms with Gasteiger partial charge in [0.2, 0.25) is 0 Å². The molecule has 4 aromatic rings. The number of aryl methyl sites for hydroxylation is 4. The van der Waals surface area contributed by atoms with E-state index in [4.69, 9.17) is 19.5 Å². The summed E-state index contributed by atoms with van der Waals surface area (Å²) in [5.74, 6) is -0.0353. The predicted molar refractivity (Wildman–Crippen MR) is 203 cm³/mol. The summed E-state index contributed by atoms with van der Waals surface area (Å²) in [6.07, 6.45) is 4.34. The molecular weight excluding hydrogens is 683 g/mol. The lowest BCUT2D eigenvalue weighted by Gasteiger charge is -2.14. The second kappa shape index (κ2) is 22.0. The van der Waals surface area contributed by atoms with Gasteiger partial charge in [-0.25, -0.2) is 4.98 Å². The number of nitrogens with zero attached hydrogens (tertiary/aromatic N) is 2. The highest BCUT2D eigenvalue weighted by molar-refractivity contribution is 9.10. The fourth-order valence-electron chi connectivity index (χ4n) is 5.24. The first-order chi connectivity index (χ1) is 22.8. The second-order valence-corrected chi connectivity index (χ2v) is 12.5. The first-order valence-corrected chi connectivity index (χ1v) is 17.0. The molecule has 49 heavy (non-hydrogen) atoms. The van der Waals surface area contributed by atoms with Crippen LogP contribution in [0.5, 0.6) is 0 Å². The molecule has 2 aromatic heterocycles. The molecule has 2 N–H and O–H groups in total. The van der Waals surface area contributed by atoms with Gasteiger partial charge >= 0.3 is 19.1 Å². The summed E-state index contributed by atoms with van der Waals surface area (Å²) in [6.45, 7) is 16.5. The van der Waals surface area contributed by atoms with Gasteiger partial charge in [-0.3, -0.25) is 14.6 Å². The van der Waals surface area contributed by atoms with Crippen molar-refractivity contribution in [3.8, 4) is 11.3 Å². The Kier molecular flexibility index (Phi) is 19.4. The van der Waals surface area contributed by atoms with Crippen molar-refractivity contribution in [1.82, 2.24) is 9.97 Å². The normalized spacial score (nSPS) is 11.3. The van der Waals surface area contributed by atoms with E-state index >= 15 is 0 Å². The van der Waals surface area contributed by atoms with Crippen molar-refractivity contribution in [1.29, 1.82) is 0 Å². The molecule has 0 saturated heterocycles. The lowest BCUT2D eigenvalue weighted by atomic mass is 9.74. The number of esters is 2. The van der Waals surface area contributed by atoms with E-state index in [9.17, 15) is 9.59 Å². The summed E-state index contributed by atoms with van der Waals surface area (Å²) in [5, 5.41) is 17.9. The molecule has 0 aliphatic heterocycles. The van der Waals surface area contributed by atoms with Crippen LogP contribution in [-0.2, 0) is 19.1 Å². The SMILES string of the molecule is C.CCOC(=O)C[C@@H](C)c1ccnc(-c2c(C)cccc2C)c1.CCOC(=O)C[C@@H](C)c1ccnc(Br)c1.Cc1cccc(C)c1B(O)O. The van der Waals surface area contributed by atoms with E-state index in [1.54, 1.807) is 6.20 Å². The maximum absolute atomic E-state index is 11.7. The third kappa shape index (κ3) is 14.3. The maximum atomic E-state index is 11.7. The third-order valence-electron chi connectivity index (χ3n) is 7.77. The largest absolute Gasteiger partial charge is 0.488 e. The van der Waals surface area contributed by atoms with Gasteiger partial charge in [0.25, 0.3) is 0 Å². The van der Waals surface area contributed by atoms with Crippen molar-refractivity contribution in [2.24, 2.45) is 0 Å². The van der Waals surface area contributed by atoms with E-state index in [2.05, 4.69) is 64.0 Å². The minimum absolute atomic E-state index is 0. The molecular formula is C39H52BBrN2O6. The van der Waals surface area contributed by atoms with Gasteiger partial charge in [-0.1, -0.05) is 68.8 Å². The summed E-state index contributed by atoms with van der Waals surface area (Å²) in [4.78, 5) is 31.5. The van der Waals surface area contributed by atoms with Crippen LogP contribution in [0.3, 0.4) is 0 Å². The zero-order chi connectivity index (χ0) is 35.8. The predicted octanol–water partition coefficient (Wildman–Crippen LogP) is 7.94. The van der Waals surface area contributed by atoms with Crippen molar-refractivity contribution in [2.75, 3.05) is 13.2 Å². The van der Waals surface area contributed by atoms with Crippen LogP contribution < -0.4 is 5.46 Å². The average Bonchev–Trinajstić information content (AvgIpc) is 3.02. The van der Waals surface area contributed by atoms with E-state index in [1.807, 2.05) is 84.1 Å². The minimum Gasteiger partial charge on any atom is -0.466 e. The molecule has 2 aromatic carbocycles. The number of pyridine rings is 2. The number of ether oxygens (including phenoxy) is 2. The van der Waals surface area contributed by atoms with Crippen LogP contribution in [0.25, 0.3) is 11.3 Å². The molecule has 0 amide bonds. The Bertz CT molecular complexity index is 1590. The molecule has 8 nitrogen and oxygen atoms in total. The van der Waals surface area contributed by atoms with Gasteiger partial charge < -0.3 is 19.5 Å². The summed E-state index contributed by atoms with van der Waals surface area (Å²) in [5.41, 5.74) is 9.21. The van der Waals surface area contributed by atoms with E-state index in [0.29, 0.717) is 31.5 Å². The van der Waals surface area contributed by atoms with Gasteiger partial charge in [0.05, 0.1) is 31.7 Å². The Morgan fingerprint density at radius 2 is 1.16 bits per heavy atom. The number of rotatable bonds is 10. The molecule has 0 aliphatic rings. The third-order valence-corrected chi connectivity index (χ3v) is 8.20. The lowest BCUT2D eigenvalue weighted by molar-refractivity contribution is -0.144.